The Bertz CT molecular complexity index is 301. The summed E-state index contributed by atoms with van der Waals surface area (Å²) >= 11 is 0. The van der Waals surface area contributed by atoms with Crippen LogP contribution in [0.3, 0.4) is 0 Å². The average Bonchev–Trinajstić information content (AvgIpc) is 2.14. The third-order valence-electron chi connectivity index (χ3n) is 1.71. The lowest BCUT2D eigenvalue weighted by atomic mass is 10.2. The van der Waals surface area contributed by atoms with Crippen molar-refractivity contribution in [1.29, 1.82) is 0 Å². The molecule has 1 heterocycles. The minimum Gasteiger partial charge on any atom is -0.490 e. The number of nitrogen functional groups attached to an aromatic ring is 1. The molecule has 0 unspecified atom stereocenters. The lowest BCUT2D eigenvalue weighted by molar-refractivity contribution is 0.415. The van der Waals surface area contributed by atoms with E-state index in [1.54, 1.807) is 7.11 Å². The molecule has 3 N–H and O–H groups in total. The predicted octanol–water partition coefficient (Wildman–Crippen LogP) is 1.14. The smallest absolute Gasteiger partial charge is 0.203 e. The van der Waals surface area contributed by atoms with E-state index in [9.17, 15) is 0 Å². The van der Waals surface area contributed by atoms with E-state index in [2.05, 4.69) is 29.1 Å². The van der Waals surface area contributed by atoms with Gasteiger partial charge in [0.05, 0.1) is 7.11 Å². The summed E-state index contributed by atoms with van der Waals surface area (Å²) in [6, 6.07) is 0. The summed E-state index contributed by atoms with van der Waals surface area (Å²) < 4.78 is 5.10. The van der Waals surface area contributed by atoms with Gasteiger partial charge in [-0.05, 0) is 5.92 Å². The molecule has 0 fully saturated rings. The van der Waals surface area contributed by atoms with E-state index < -0.39 is 0 Å². The third-order valence-corrected chi connectivity index (χ3v) is 1.71. The summed E-state index contributed by atoms with van der Waals surface area (Å²) in [4.78, 5) is 7.89. The first-order chi connectivity index (χ1) is 6.65. The topological polar surface area (TPSA) is 73.1 Å². The highest BCUT2D eigenvalue weighted by Crippen LogP contribution is 2.26. The van der Waals surface area contributed by atoms with Crippen LogP contribution in [0, 0.1) is 5.92 Å². The molecule has 0 aromatic carbocycles. The number of hydrogen-bond donors (Lipinski definition) is 2. The number of rotatable bonds is 4. The summed E-state index contributed by atoms with van der Waals surface area (Å²) in [7, 11) is 1.55. The first kappa shape index (κ1) is 10.6. The molecule has 0 aliphatic carbocycles. The summed E-state index contributed by atoms with van der Waals surface area (Å²) in [6.45, 7) is 5.06. The van der Waals surface area contributed by atoms with E-state index >= 15 is 0 Å². The quantitative estimate of drug-likeness (QED) is 0.755. The number of nitrogens with zero attached hydrogens (tertiary/aromatic N) is 2. The number of nitrogens with one attached hydrogen (secondary N) is 1. The van der Waals surface area contributed by atoms with Gasteiger partial charge in [0.1, 0.15) is 6.33 Å². The van der Waals surface area contributed by atoms with Crippen LogP contribution in [-0.2, 0) is 0 Å². The van der Waals surface area contributed by atoms with Crippen LogP contribution in [0.5, 0.6) is 5.75 Å². The van der Waals surface area contributed by atoms with Crippen LogP contribution in [0.15, 0.2) is 6.33 Å². The second kappa shape index (κ2) is 4.64. The van der Waals surface area contributed by atoms with Crippen LogP contribution < -0.4 is 15.8 Å². The first-order valence-corrected chi connectivity index (χ1v) is 4.53. The van der Waals surface area contributed by atoms with Gasteiger partial charge in [-0.1, -0.05) is 13.8 Å². The molecule has 5 heteroatoms. The van der Waals surface area contributed by atoms with Gasteiger partial charge in [0, 0.05) is 6.54 Å². The average molecular weight is 196 g/mol. The van der Waals surface area contributed by atoms with Crippen LogP contribution in [-0.4, -0.2) is 23.6 Å². The van der Waals surface area contributed by atoms with Crippen molar-refractivity contribution < 1.29 is 4.74 Å². The molecule has 14 heavy (non-hydrogen) atoms. The van der Waals surface area contributed by atoms with Gasteiger partial charge in [-0.25, -0.2) is 9.97 Å². The van der Waals surface area contributed by atoms with E-state index in [0.29, 0.717) is 23.3 Å². The van der Waals surface area contributed by atoms with E-state index in [4.69, 9.17) is 10.5 Å². The highest BCUT2D eigenvalue weighted by Gasteiger charge is 2.08. The molecule has 0 amide bonds. The molecule has 1 aromatic rings. The van der Waals surface area contributed by atoms with Crippen LogP contribution in [0.25, 0.3) is 0 Å². The van der Waals surface area contributed by atoms with Crippen molar-refractivity contribution in [2.24, 2.45) is 5.92 Å². The Morgan fingerprint density at radius 3 is 2.79 bits per heavy atom. The summed E-state index contributed by atoms with van der Waals surface area (Å²) in [6.07, 6.45) is 1.42. The highest BCUT2D eigenvalue weighted by molar-refractivity contribution is 5.61. The van der Waals surface area contributed by atoms with Gasteiger partial charge in [-0.2, -0.15) is 0 Å². The Morgan fingerprint density at radius 2 is 2.21 bits per heavy atom. The minimum atomic E-state index is 0.355. The highest BCUT2D eigenvalue weighted by atomic mass is 16.5. The molecule has 0 aliphatic heterocycles. The van der Waals surface area contributed by atoms with Gasteiger partial charge in [0.25, 0.3) is 0 Å². The largest absolute Gasteiger partial charge is 0.490 e. The summed E-state index contributed by atoms with van der Waals surface area (Å²) in [5.74, 6) is 2.05. The fourth-order valence-corrected chi connectivity index (χ4v) is 1.02. The SMILES string of the molecule is COc1c(N)ncnc1NCC(C)C. The van der Waals surface area contributed by atoms with Crippen molar-refractivity contribution in [2.75, 3.05) is 24.7 Å². The maximum absolute atomic E-state index is 5.62. The van der Waals surface area contributed by atoms with Crippen molar-refractivity contribution >= 4 is 11.6 Å². The Balaban J connectivity index is 2.80. The maximum Gasteiger partial charge on any atom is 0.203 e. The van der Waals surface area contributed by atoms with Gasteiger partial charge >= 0.3 is 0 Å². The zero-order valence-electron chi connectivity index (χ0n) is 8.74. The molecule has 5 nitrogen and oxygen atoms in total. The standard InChI is InChI=1S/C9H16N4O/c1-6(2)4-11-9-7(14-3)8(10)12-5-13-9/h5-6H,4H2,1-3H3,(H3,10,11,12,13). The van der Waals surface area contributed by atoms with Gasteiger partial charge in [-0.3, -0.25) is 0 Å². The van der Waals surface area contributed by atoms with Gasteiger partial charge in [0.15, 0.2) is 11.6 Å². The molecule has 0 aliphatic rings. The maximum atomic E-state index is 5.62. The Morgan fingerprint density at radius 1 is 1.50 bits per heavy atom. The molecule has 0 spiro atoms. The van der Waals surface area contributed by atoms with Gasteiger partial charge in [-0.15, -0.1) is 0 Å². The molecule has 0 bridgehead atoms. The van der Waals surface area contributed by atoms with Crippen molar-refractivity contribution in [3.63, 3.8) is 0 Å². The van der Waals surface area contributed by atoms with Crippen molar-refractivity contribution in [3.8, 4) is 5.75 Å². The van der Waals surface area contributed by atoms with Crippen LogP contribution in [0.4, 0.5) is 11.6 Å². The monoisotopic (exact) mass is 196 g/mol. The second-order valence-electron chi connectivity index (χ2n) is 3.42. The fourth-order valence-electron chi connectivity index (χ4n) is 1.02. The zero-order valence-corrected chi connectivity index (χ0v) is 8.74. The number of anilines is 2. The first-order valence-electron chi connectivity index (χ1n) is 4.53. The van der Waals surface area contributed by atoms with Crippen molar-refractivity contribution in [3.05, 3.63) is 6.33 Å². The molecule has 0 atom stereocenters. The lowest BCUT2D eigenvalue weighted by Gasteiger charge is -2.12. The normalized spacial score (nSPS) is 10.3. The van der Waals surface area contributed by atoms with E-state index in [-0.39, 0.29) is 0 Å². The molecular formula is C9H16N4O. The van der Waals surface area contributed by atoms with Gasteiger partial charge < -0.3 is 15.8 Å². The molecule has 1 aromatic heterocycles. The molecular weight excluding hydrogens is 180 g/mol. The van der Waals surface area contributed by atoms with Crippen LogP contribution in [0.1, 0.15) is 13.8 Å². The number of methoxy groups -OCH3 is 1. The van der Waals surface area contributed by atoms with Crippen LogP contribution in [0.2, 0.25) is 0 Å². The fraction of sp³-hybridized carbons (Fsp3) is 0.556. The molecule has 1 rings (SSSR count). The molecule has 0 saturated heterocycles. The third kappa shape index (κ3) is 2.48. The Hall–Kier alpha value is -1.52. The predicted molar refractivity (Wildman–Crippen MR) is 56.3 cm³/mol. The van der Waals surface area contributed by atoms with E-state index in [1.165, 1.54) is 6.33 Å². The number of ether oxygens (including phenoxy) is 1. The van der Waals surface area contributed by atoms with E-state index in [1.807, 2.05) is 0 Å². The number of aromatic nitrogens is 2. The Kier molecular flexibility index (Phi) is 3.50. The lowest BCUT2D eigenvalue weighted by Crippen LogP contribution is -2.11. The molecule has 78 valence electrons. The van der Waals surface area contributed by atoms with Gasteiger partial charge in [0.2, 0.25) is 5.75 Å². The number of hydrogen-bond acceptors (Lipinski definition) is 5. The Labute approximate surface area is 83.7 Å². The molecule has 0 saturated carbocycles. The number of nitrogens with two attached hydrogens (primary N) is 1. The minimum absolute atomic E-state index is 0.355. The van der Waals surface area contributed by atoms with Crippen LogP contribution >= 0.6 is 0 Å². The summed E-state index contributed by atoms with van der Waals surface area (Å²) in [5, 5.41) is 3.15. The van der Waals surface area contributed by atoms with Crippen molar-refractivity contribution in [2.45, 2.75) is 13.8 Å². The van der Waals surface area contributed by atoms with E-state index in [0.717, 1.165) is 6.54 Å². The van der Waals surface area contributed by atoms with Crippen molar-refractivity contribution in [1.82, 2.24) is 9.97 Å². The zero-order chi connectivity index (χ0) is 10.6. The molecule has 0 radical (unpaired) electrons. The summed E-state index contributed by atoms with van der Waals surface area (Å²) in [5.41, 5.74) is 5.62. The second-order valence-corrected chi connectivity index (χ2v) is 3.42.